The van der Waals surface area contributed by atoms with E-state index in [2.05, 4.69) is 4.98 Å². The van der Waals surface area contributed by atoms with Gasteiger partial charge < -0.3 is 9.15 Å². The van der Waals surface area contributed by atoms with Crippen LogP contribution in [0.3, 0.4) is 0 Å². The zero-order valence-corrected chi connectivity index (χ0v) is 13.7. The molecule has 0 saturated carbocycles. The van der Waals surface area contributed by atoms with E-state index in [0.29, 0.717) is 21.9 Å². The Kier molecular flexibility index (Phi) is 3.63. The van der Waals surface area contributed by atoms with Crippen LogP contribution in [0.25, 0.3) is 32.8 Å². The number of nitrogens with zero attached hydrogens (tertiary/aromatic N) is 1. The molecule has 0 fully saturated rings. The normalized spacial score (nSPS) is 10.9. The Balaban J connectivity index is 1.81. The molecular formula is C19H13NO3S. The van der Waals surface area contributed by atoms with E-state index in [1.807, 2.05) is 53.9 Å². The van der Waals surface area contributed by atoms with Crippen molar-refractivity contribution in [3.8, 4) is 27.6 Å². The Bertz CT molecular complexity index is 1070. The molecule has 0 radical (unpaired) electrons. The molecule has 0 aliphatic carbocycles. The standard InChI is InChI=1S/C19H13NO3S/c1-22-14-8-7-13-9-15(19(21)23-17(13)10-14)18-20-16(11-24-18)12-5-3-2-4-6-12/h2-11H,1H3. The van der Waals surface area contributed by atoms with Crippen molar-refractivity contribution in [2.24, 2.45) is 0 Å². The van der Waals surface area contributed by atoms with Crippen LogP contribution < -0.4 is 10.4 Å². The summed E-state index contributed by atoms with van der Waals surface area (Å²) < 4.78 is 10.6. The third kappa shape index (κ3) is 2.59. The smallest absolute Gasteiger partial charge is 0.346 e. The summed E-state index contributed by atoms with van der Waals surface area (Å²) in [7, 11) is 1.58. The molecule has 0 amide bonds. The molecule has 0 spiro atoms. The number of hydrogen-bond donors (Lipinski definition) is 0. The highest BCUT2D eigenvalue weighted by Gasteiger charge is 2.13. The molecule has 2 aromatic heterocycles. The molecule has 4 nitrogen and oxygen atoms in total. The molecule has 0 N–H and O–H groups in total. The summed E-state index contributed by atoms with van der Waals surface area (Å²) in [6.07, 6.45) is 0. The Morgan fingerprint density at radius 3 is 2.71 bits per heavy atom. The van der Waals surface area contributed by atoms with Crippen molar-refractivity contribution in [2.75, 3.05) is 7.11 Å². The summed E-state index contributed by atoms with van der Waals surface area (Å²) in [5.74, 6) is 0.652. The third-order valence-corrected chi connectivity index (χ3v) is 4.62. The third-order valence-electron chi connectivity index (χ3n) is 3.75. The Hall–Kier alpha value is -2.92. The molecule has 0 unspecified atom stereocenters. The van der Waals surface area contributed by atoms with Gasteiger partial charge in [0.15, 0.2) is 0 Å². The van der Waals surface area contributed by atoms with Gasteiger partial charge in [-0.05, 0) is 18.2 Å². The Morgan fingerprint density at radius 2 is 1.92 bits per heavy atom. The predicted molar refractivity (Wildman–Crippen MR) is 95.6 cm³/mol. The van der Waals surface area contributed by atoms with Crippen molar-refractivity contribution in [1.29, 1.82) is 0 Å². The highest BCUT2D eigenvalue weighted by molar-refractivity contribution is 7.13. The number of aromatic nitrogens is 1. The van der Waals surface area contributed by atoms with Crippen LogP contribution >= 0.6 is 11.3 Å². The van der Waals surface area contributed by atoms with Crippen LogP contribution in [0, 0.1) is 0 Å². The molecule has 0 atom stereocenters. The second kappa shape index (κ2) is 5.94. The SMILES string of the molecule is COc1ccc2cc(-c3nc(-c4ccccc4)cs3)c(=O)oc2c1. The molecule has 5 heteroatoms. The van der Waals surface area contributed by atoms with Crippen molar-refractivity contribution < 1.29 is 9.15 Å². The zero-order chi connectivity index (χ0) is 16.5. The minimum Gasteiger partial charge on any atom is -0.497 e. The first-order chi connectivity index (χ1) is 11.7. The molecule has 118 valence electrons. The van der Waals surface area contributed by atoms with Gasteiger partial charge in [-0.3, -0.25) is 0 Å². The molecule has 24 heavy (non-hydrogen) atoms. The van der Waals surface area contributed by atoms with E-state index in [0.717, 1.165) is 16.6 Å². The molecule has 4 rings (SSSR count). The molecule has 2 aromatic carbocycles. The summed E-state index contributed by atoms with van der Waals surface area (Å²) in [4.78, 5) is 16.9. The monoisotopic (exact) mass is 335 g/mol. The van der Waals surface area contributed by atoms with Crippen LogP contribution in [0.2, 0.25) is 0 Å². The van der Waals surface area contributed by atoms with Crippen LogP contribution in [0.4, 0.5) is 0 Å². The summed E-state index contributed by atoms with van der Waals surface area (Å²) in [5, 5.41) is 3.43. The highest BCUT2D eigenvalue weighted by atomic mass is 32.1. The molecule has 2 heterocycles. The lowest BCUT2D eigenvalue weighted by atomic mass is 10.1. The number of rotatable bonds is 3. The number of fused-ring (bicyclic) bond motifs is 1. The summed E-state index contributed by atoms with van der Waals surface area (Å²) in [6, 6.07) is 17.1. The van der Waals surface area contributed by atoms with Crippen LogP contribution in [-0.4, -0.2) is 12.1 Å². The van der Waals surface area contributed by atoms with Gasteiger partial charge in [0, 0.05) is 22.4 Å². The molecule has 0 saturated heterocycles. The van der Waals surface area contributed by atoms with Gasteiger partial charge in [0.05, 0.1) is 18.4 Å². The quantitative estimate of drug-likeness (QED) is 0.514. The first-order valence-electron chi connectivity index (χ1n) is 7.38. The van der Waals surface area contributed by atoms with Gasteiger partial charge in [0.25, 0.3) is 0 Å². The number of benzene rings is 2. The number of ether oxygens (including phenoxy) is 1. The van der Waals surface area contributed by atoms with E-state index in [4.69, 9.17) is 9.15 Å². The highest BCUT2D eigenvalue weighted by Crippen LogP contribution is 2.29. The summed E-state index contributed by atoms with van der Waals surface area (Å²) in [6.45, 7) is 0. The average Bonchev–Trinajstić information content (AvgIpc) is 3.11. The van der Waals surface area contributed by atoms with Crippen LogP contribution in [0.5, 0.6) is 5.75 Å². The van der Waals surface area contributed by atoms with Crippen molar-refractivity contribution in [1.82, 2.24) is 4.98 Å². The zero-order valence-electron chi connectivity index (χ0n) is 12.9. The van der Waals surface area contributed by atoms with Crippen molar-refractivity contribution in [3.05, 3.63) is 70.4 Å². The first-order valence-corrected chi connectivity index (χ1v) is 8.26. The van der Waals surface area contributed by atoms with Gasteiger partial charge in [-0.1, -0.05) is 30.3 Å². The van der Waals surface area contributed by atoms with Gasteiger partial charge in [0.2, 0.25) is 0 Å². The first kappa shape index (κ1) is 14.7. The Labute approximate surface area is 142 Å². The fraction of sp³-hybridized carbons (Fsp3) is 0.0526. The molecule has 0 aliphatic heterocycles. The van der Waals surface area contributed by atoms with E-state index >= 15 is 0 Å². The van der Waals surface area contributed by atoms with Crippen LogP contribution in [0.1, 0.15) is 0 Å². The molecular weight excluding hydrogens is 322 g/mol. The minimum absolute atomic E-state index is 0.398. The lowest BCUT2D eigenvalue weighted by Gasteiger charge is -2.02. The second-order valence-electron chi connectivity index (χ2n) is 5.26. The molecule has 0 bridgehead atoms. The molecule has 4 aromatic rings. The van der Waals surface area contributed by atoms with Crippen LogP contribution in [-0.2, 0) is 0 Å². The van der Waals surface area contributed by atoms with E-state index in [1.165, 1.54) is 11.3 Å². The second-order valence-corrected chi connectivity index (χ2v) is 6.11. The maximum Gasteiger partial charge on any atom is 0.346 e. The summed E-state index contributed by atoms with van der Waals surface area (Å²) >= 11 is 1.43. The topological polar surface area (TPSA) is 52.3 Å². The van der Waals surface area contributed by atoms with Crippen molar-refractivity contribution in [2.45, 2.75) is 0 Å². The van der Waals surface area contributed by atoms with E-state index in [1.54, 1.807) is 13.2 Å². The maximum atomic E-state index is 12.3. The molecule has 0 aliphatic rings. The minimum atomic E-state index is -0.398. The van der Waals surface area contributed by atoms with Gasteiger partial charge in [0.1, 0.15) is 16.3 Å². The van der Waals surface area contributed by atoms with Crippen LogP contribution in [0.15, 0.2) is 69.2 Å². The maximum absolute atomic E-state index is 12.3. The number of methoxy groups -OCH3 is 1. The lowest BCUT2D eigenvalue weighted by molar-refractivity contribution is 0.414. The fourth-order valence-corrected chi connectivity index (χ4v) is 3.34. The van der Waals surface area contributed by atoms with Crippen molar-refractivity contribution >= 4 is 22.3 Å². The average molecular weight is 335 g/mol. The van der Waals surface area contributed by atoms with Gasteiger partial charge in [-0.2, -0.15) is 0 Å². The Morgan fingerprint density at radius 1 is 1.08 bits per heavy atom. The van der Waals surface area contributed by atoms with Crippen molar-refractivity contribution in [3.63, 3.8) is 0 Å². The van der Waals surface area contributed by atoms with Gasteiger partial charge in [-0.15, -0.1) is 11.3 Å². The predicted octanol–water partition coefficient (Wildman–Crippen LogP) is 4.59. The fourth-order valence-electron chi connectivity index (χ4n) is 2.51. The largest absolute Gasteiger partial charge is 0.497 e. The van der Waals surface area contributed by atoms with E-state index in [-0.39, 0.29) is 0 Å². The lowest BCUT2D eigenvalue weighted by Crippen LogP contribution is -2.02. The summed E-state index contributed by atoms with van der Waals surface area (Å²) in [5.41, 5.74) is 2.45. The van der Waals surface area contributed by atoms with E-state index < -0.39 is 5.63 Å². The van der Waals surface area contributed by atoms with E-state index in [9.17, 15) is 4.79 Å². The number of thiazole rings is 1. The van der Waals surface area contributed by atoms with Gasteiger partial charge in [-0.25, -0.2) is 9.78 Å². The van der Waals surface area contributed by atoms with Gasteiger partial charge >= 0.3 is 5.63 Å². The number of hydrogen-bond acceptors (Lipinski definition) is 5.